The van der Waals surface area contributed by atoms with Gasteiger partial charge in [0.05, 0.1) is 11.3 Å². The van der Waals surface area contributed by atoms with Crippen LogP contribution in [-0.2, 0) is 6.18 Å². The van der Waals surface area contributed by atoms with E-state index in [-0.39, 0.29) is 0 Å². The molecule has 2 fully saturated rings. The summed E-state index contributed by atoms with van der Waals surface area (Å²) in [4.78, 5) is 7.18. The molecule has 1 aliphatic carbocycles. The molecule has 34 heavy (non-hydrogen) atoms. The highest BCUT2D eigenvalue weighted by atomic mass is 32.1. The Morgan fingerprint density at radius 2 is 1.79 bits per heavy atom. The number of nitrogens with zero attached hydrogens (tertiary/aromatic N) is 5. The second kappa shape index (κ2) is 7.97. The fourth-order valence-corrected chi connectivity index (χ4v) is 6.10. The third-order valence-electron chi connectivity index (χ3n) is 6.94. The number of benzene rings is 1. The van der Waals surface area contributed by atoms with Crippen LogP contribution in [0.15, 0.2) is 48.7 Å². The molecule has 2 bridgehead atoms. The van der Waals surface area contributed by atoms with Crippen LogP contribution in [0.25, 0.3) is 16.8 Å². The lowest BCUT2D eigenvalue weighted by atomic mass is 9.92. The number of aryl methyl sites for hydroxylation is 1. The van der Waals surface area contributed by atoms with Crippen LogP contribution in [0.4, 0.5) is 24.1 Å². The highest BCUT2D eigenvalue weighted by Gasteiger charge is 2.43. The second-order valence-corrected chi connectivity index (χ2v) is 9.96. The molecule has 4 heterocycles. The zero-order chi connectivity index (χ0) is 23.4. The second-order valence-electron chi connectivity index (χ2n) is 9.18. The van der Waals surface area contributed by atoms with E-state index in [0.717, 1.165) is 36.5 Å². The molecule has 2 aliphatic rings. The summed E-state index contributed by atoms with van der Waals surface area (Å²) in [5.74, 6) is 1.56. The Labute approximate surface area is 198 Å². The van der Waals surface area contributed by atoms with Gasteiger partial charge in [-0.05, 0) is 79.0 Å². The first-order chi connectivity index (χ1) is 16.3. The third-order valence-corrected chi connectivity index (χ3v) is 7.88. The van der Waals surface area contributed by atoms with Gasteiger partial charge in [-0.25, -0.2) is 4.52 Å². The maximum atomic E-state index is 13.0. The molecule has 3 aromatic heterocycles. The average Bonchev–Trinajstić information content (AvgIpc) is 3.48. The van der Waals surface area contributed by atoms with Gasteiger partial charge in [-0.2, -0.15) is 22.5 Å². The SMILES string of the molecule is Cc1cc(N2CC3CCC(C2)C3Nc2nc3c(-c4ccc(C(F)(F)F)cc4)cccn3n2)sn1. The van der Waals surface area contributed by atoms with E-state index in [1.54, 1.807) is 16.0 Å². The Morgan fingerprint density at radius 3 is 2.44 bits per heavy atom. The van der Waals surface area contributed by atoms with Crippen LogP contribution in [0, 0.1) is 18.8 Å². The maximum absolute atomic E-state index is 13.0. The topological polar surface area (TPSA) is 58.4 Å². The summed E-state index contributed by atoms with van der Waals surface area (Å²) in [5, 5.41) is 9.44. The average molecular weight is 485 g/mol. The third kappa shape index (κ3) is 3.79. The van der Waals surface area contributed by atoms with Crippen molar-refractivity contribution < 1.29 is 13.2 Å². The number of halogens is 3. The molecule has 2 atom stereocenters. The van der Waals surface area contributed by atoms with E-state index in [0.29, 0.717) is 35.0 Å². The van der Waals surface area contributed by atoms with Gasteiger partial charge in [0, 0.05) is 30.9 Å². The molecule has 6 rings (SSSR count). The molecule has 2 unspecified atom stereocenters. The van der Waals surface area contributed by atoms with Gasteiger partial charge in [-0.1, -0.05) is 12.1 Å². The van der Waals surface area contributed by atoms with Crippen molar-refractivity contribution in [3.05, 3.63) is 59.9 Å². The fourth-order valence-electron chi connectivity index (χ4n) is 5.32. The van der Waals surface area contributed by atoms with Gasteiger partial charge < -0.3 is 10.2 Å². The molecule has 0 spiro atoms. The first-order valence-corrected chi connectivity index (χ1v) is 12.1. The molecule has 176 valence electrons. The van der Waals surface area contributed by atoms with Gasteiger partial charge in [0.15, 0.2) is 5.65 Å². The molecule has 6 nitrogen and oxygen atoms in total. The van der Waals surface area contributed by atoms with Crippen molar-refractivity contribution in [3.8, 4) is 11.1 Å². The van der Waals surface area contributed by atoms with Crippen molar-refractivity contribution in [2.75, 3.05) is 23.3 Å². The predicted molar refractivity (Wildman–Crippen MR) is 126 cm³/mol. The molecule has 1 N–H and O–H groups in total. The van der Waals surface area contributed by atoms with E-state index in [9.17, 15) is 13.2 Å². The van der Waals surface area contributed by atoms with Gasteiger partial charge in [0.25, 0.3) is 0 Å². The lowest BCUT2D eigenvalue weighted by Crippen LogP contribution is -2.48. The maximum Gasteiger partial charge on any atom is 0.416 e. The molecule has 1 saturated heterocycles. The molecular formula is C24H23F3N6S. The number of hydrogen-bond donors (Lipinski definition) is 1. The van der Waals surface area contributed by atoms with Crippen LogP contribution in [0.1, 0.15) is 24.1 Å². The summed E-state index contributed by atoms with van der Waals surface area (Å²) in [5.41, 5.74) is 2.43. The molecule has 1 aromatic carbocycles. The van der Waals surface area contributed by atoms with Crippen molar-refractivity contribution in [1.29, 1.82) is 0 Å². The molecule has 0 radical (unpaired) electrons. The molecule has 0 amide bonds. The summed E-state index contributed by atoms with van der Waals surface area (Å²) >= 11 is 1.56. The van der Waals surface area contributed by atoms with Crippen molar-refractivity contribution in [2.24, 2.45) is 11.8 Å². The highest BCUT2D eigenvalue weighted by Crippen LogP contribution is 2.41. The Hall–Kier alpha value is -3.14. The summed E-state index contributed by atoms with van der Waals surface area (Å²) in [6.07, 6.45) is -0.212. The van der Waals surface area contributed by atoms with Crippen LogP contribution >= 0.6 is 11.5 Å². The Morgan fingerprint density at radius 1 is 1.06 bits per heavy atom. The number of aromatic nitrogens is 4. The van der Waals surface area contributed by atoms with Crippen molar-refractivity contribution in [2.45, 2.75) is 32.0 Å². The standard InChI is InChI=1S/C24H23F3N6S/c1-14-11-20(34-31-14)32-12-16-4-5-17(13-32)21(16)28-23-29-22-19(3-2-10-33(22)30-23)15-6-8-18(9-7-15)24(25,26)27/h2-3,6-11,16-17,21H,4-5,12-13H2,1H3,(H,28,30). The minimum atomic E-state index is -4.36. The molecule has 1 aliphatic heterocycles. The fraction of sp³-hybridized carbons (Fsp3) is 0.375. The highest BCUT2D eigenvalue weighted by molar-refractivity contribution is 7.10. The first kappa shape index (κ1) is 21.4. The van der Waals surface area contributed by atoms with E-state index >= 15 is 0 Å². The normalized spacial score (nSPS) is 22.5. The van der Waals surface area contributed by atoms with Crippen molar-refractivity contribution in [3.63, 3.8) is 0 Å². The van der Waals surface area contributed by atoms with Crippen molar-refractivity contribution in [1.82, 2.24) is 19.0 Å². The Bertz CT molecular complexity index is 1310. The van der Waals surface area contributed by atoms with Gasteiger partial charge in [-0.3, -0.25) is 0 Å². The molecular weight excluding hydrogens is 461 g/mol. The lowest BCUT2D eigenvalue weighted by molar-refractivity contribution is -0.137. The van der Waals surface area contributed by atoms with Crippen molar-refractivity contribution >= 4 is 28.1 Å². The first-order valence-electron chi connectivity index (χ1n) is 11.3. The van der Waals surface area contributed by atoms with E-state index < -0.39 is 11.7 Å². The zero-order valence-corrected chi connectivity index (χ0v) is 19.3. The number of hydrogen-bond acceptors (Lipinski definition) is 6. The van der Waals surface area contributed by atoms with E-state index in [4.69, 9.17) is 4.98 Å². The monoisotopic (exact) mass is 484 g/mol. The molecule has 4 aromatic rings. The van der Waals surface area contributed by atoms with E-state index in [2.05, 4.69) is 25.8 Å². The van der Waals surface area contributed by atoms with Crippen LogP contribution in [0.5, 0.6) is 0 Å². The van der Waals surface area contributed by atoms with Crippen LogP contribution < -0.4 is 10.2 Å². The summed E-state index contributed by atoms with van der Waals surface area (Å²) in [7, 11) is 0. The van der Waals surface area contributed by atoms with E-state index in [1.165, 1.54) is 30.0 Å². The van der Waals surface area contributed by atoms with Gasteiger partial charge >= 0.3 is 6.18 Å². The zero-order valence-electron chi connectivity index (χ0n) is 18.5. The number of nitrogens with one attached hydrogen (secondary N) is 1. The van der Waals surface area contributed by atoms with Gasteiger partial charge in [-0.15, -0.1) is 5.10 Å². The smallest absolute Gasteiger partial charge is 0.361 e. The summed E-state index contributed by atoms with van der Waals surface area (Å²) in [6.45, 7) is 4.00. The number of alkyl halides is 3. The molecule has 10 heteroatoms. The van der Waals surface area contributed by atoms with Gasteiger partial charge in [0.2, 0.25) is 5.95 Å². The minimum Gasteiger partial charge on any atom is -0.361 e. The summed E-state index contributed by atoms with van der Waals surface area (Å²) < 4.78 is 45.0. The number of piperidine rings is 1. The van der Waals surface area contributed by atoms with Crippen LogP contribution in [0.2, 0.25) is 0 Å². The number of rotatable bonds is 4. The van der Waals surface area contributed by atoms with Crippen LogP contribution in [0.3, 0.4) is 0 Å². The van der Waals surface area contributed by atoms with E-state index in [1.807, 2.05) is 25.3 Å². The lowest BCUT2D eigenvalue weighted by Gasteiger charge is -2.38. The summed E-state index contributed by atoms with van der Waals surface area (Å²) in [6, 6.07) is 11.3. The Kier molecular flexibility index (Phi) is 5.02. The minimum absolute atomic E-state index is 0.303. The van der Waals surface area contributed by atoms with Crippen LogP contribution in [-0.4, -0.2) is 38.1 Å². The number of anilines is 2. The number of pyridine rings is 1. The largest absolute Gasteiger partial charge is 0.416 e. The quantitative estimate of drug-likeness (QED) is 0.414. The Balaban J connectivity index is 1.24. The molecule has 1 saturated carbocycles. The predicted octanol–water partition coefficient (Wildman–Crippen LogP) is 5.51. The van der Waals surface area contributed by atoms with Gasteiger partial charge in [0.1, 0.15) is 5.00 Å². The number of fused-ring (bicyclic) bond motifs is 3.